The average Bonchev–Trinajstić information content (AvgIpc) is 2.91. The Hall–Kier alpha value is -3.44. The molecule has 0 bridgehead atoms. The summed E-state index contributed by atoms with van der Waals surface area (Å²) in [6, 6.07) is 20.8. The summed E-state index contributed by atoms with van der Waals surface area (Å²) in [5.41, 5.74) is 5.57. The molecule has 1 saturated heterocycles. The van der Waals surface area contributed by atoms with Gasteiger partial charge in [-0.2, -0.15) is 0 Å². The highest BCUT2D eigenvalue weighted by atomic mass is 16.5. The third kappa shape index (κ3) is 5.37. The van der Waals surface area contributed by atoms with E-state index in [2.05, 4.69) is 64.7 Å². The van der Waals surface area contributed by atoms with E-state index in [1.807, 2.05) is 44.4 Å². The van der Waals surface area contributed by atoms with Crippen LogP contribution in [-0.4, -0.2) is 42.1 Å². The lowest BCUT2D eigenvalue weighted by Gasteiger charge is -2.29. The minimum atomic E-state index is 0.617. The molecule has 2 aromatic carbocycles. The molecule has 0 aliphatic carbocycles. The van der Waals surface area contributed by atoms with Crippen LogP contribution in [0.15, 0.2) is 73.1 Å². The number of likely N-dealkylation sites (tertiary alicyclic amines) is 1. The number of benzene rings is 2. The number of anilines is 2. The Morgan fingerprint density at radius 1 is 0.882 bits per heavy atom. The van der Waals surface area contributed by atoms with E-state index in [9.17, 15) is 0 Å². The van der Waals surface area contributed by atoms with Gasteiger partial charge >= 0.3 is 0 Å². The van der Waals surface area contributed by atoms with Gasteiger partial charge in [-0.15, -0.1) is 0 Å². The quantitative estimate of drug-likeness (QED) is 0.356. The number of rotatable bonds is 5. The summed E-state index contributed by atoms with van der Waals surface area (Å²) in [5, 5.41) is 4.56. The summed E-state index contributed by atoms with van der Waals surface area (Å²) in [6.45, 7) is 6.32. The van der Waals surface area contributed by atoms with Gasteiger partial charge in [0, 0.05) is 17.8 Å². The van der Waals surface area contributed by atoms with Crippen molar-refractivity contribution in [3.8, 4) is 16.9 Å². The molecule has 176 valence electrons. The number of aromatic nitrogens is 2. The van der Waals surface area contributed by atoms with Crippen molar-refractivity contribution in [1.29, 1.82) is 0 Å². The number of nitrogens with zero attached hydrogens (tertiary/aromatic N) is 3. The van der Waals surface area contributed by atoms with Crippen LogP contribution in [0.1, 0.15) is 38.2 Å². The number of methoxy groups -OCH3 is 1. The summed E-state index contributed by atoms with van der Waals surface area (Å²) >= 11 is 0. The molecule has 0 saturated carbocycles. The molecule has 0 unspecified atom stereocenters. The lowest BCUT2D eigenvalue weighted by molar-refractivity contribution is 0.255. The van der Waals surface area contributed by atoms with Crippen molar-refractivity contribution in [1.82, 2.24) is 14.9 Å². The Morgan fingerprint density at radius 2 is 1.62 bits per heavy atom. The van der Waals surface area contributed by atoms with Gasteiger partial charge in [-0.1, -0.05) is 44.2 Å². The Balaban J connectivity index is 0.00000133. The summed E-state index contributed by atoms with van der Waals surface area (Å²) in [6.07, 6.45) is 6.28. The molecule has 1 aliphatic heterocycles. The van der Waals surface area contributed by atoms with Crippen LogP contribution in [0.5, 0.6) is 5.75 Å². The van der Waals surface area contributed by atoms with E-state index in [1.165, 1.54) is 18.4 Å². The van der Waals surface area contributed by atoms with E-state index in [4.69, 9.17) is 9.72 Å². The van der Waals surface area contributed by atoms with Gasteiger partial charge in [0.05, 0.1) is 18.3 Å². The number of hydrogen-bond donors (Lipinski definition) is 1. The second-order valence-electron chi connectivity index (χ2n) is 8.50. The molecule has 1 fully saturated rings. The smallest absolute Gasteiger partial charge is 0.130 e. The van der Waals surface area contributed by atoms with Gasteiger partial charge in [0.15, 0.2) is 0 Å². The van der Waals surface area contributed by atoms with Crippen molar-refractivity contribution in [2.45, 2.75) is 32.6 Å². The van der Waals surface area contributed by atoms with Gasteiger partial charge in [0.25, 0.3) is 0 Å². The number of ether oxygens (including phenoxy) is 1. The topological polar surface area (TPSA) is 50.3 Å². The number of hydrogen-bond acceptors (Lipinski definition) is 5. The predicted octanol–water partition coefficient (Wildman–Crippen LogP) is 6.88. The zero-order valence-electron chi connectivity index (χ0n) is 20.6. The molecular formula is C29H34N4O. The van der Waals surface area contributed by atoms with E-state index in [0.29, 0.717) is 5.92 Å². The van der Waals surface area contributed by atoms with Crippen molar-refractivity contribution >= 4 is 22.4 Å². The van der Waals surface area contributed by atoms with E-state index >= 15 is 0 Å². The molecule has 0 amide bonds. The molecule has 0 spiro atoms. The molecule has 1 aliphatic rings. The highest BCUT2D eigenvalue weighted by molar-refractivity contribution is 5.95. The number of piperidine rings is 1. The number of pyridine rings is 2. The Morgan fingerprint density at radius 3 is 2.29 bits per heavy atom. The summed E-state index contributed by atoms with van der Waals surface area (Å²) in [4.78, 5) is 11.7. The van der Waals surface area contributed by atoms with Crippen molar-refractivity contribution in [3.63, 3.8) is 0 Å². The highest BCUT2D eigenvalue weighted by Gasteiger charge is 2.18. The van der Waals surface area contributed by atoms with Crippen LogP contribution >= 0.6 is 0 Å². The first-order valence-electron chi connectivity index (χ1n) is 12.1. The third-order valence-electron chi connectivity index (χ3n) is 6.41. The van der Waals surface area contributed by atoms with Crippen LogP contribution in [0.25, 0.3) is 22.0 Å². The molecule has 0 radical (unpaired) electrons. The van der Waals surface area contributed by atoms with E-state index < -0.39 is 0 Å². The van der Waals surface area contributed by atoms with Gasteiger partial charge in [0.1, 0.15) is 11.6 Å². The Labute approximate surface area is 202 Å². The fourth-order valence-electron chi connectivity index (χ4n) is 4.42. The van der Waals surface area contributed by atoms with Crippen molar-refractivity contribution < 1.29 is 4.74 Å². The third-order valence-corrected chi connectivity index (χ3v) is 6.41. The zero-order chi connectivity index (χ0) is 23.9. The van der Waals surface area contributed by atoms with Crippen LogP contribution in [0.3, 0.4) is 0 Å². The van der Waals surface area contributed by atoms with Crippen molar-refractivity contribution in [3.05, 3.63) is 78.6 Å². The molecule has 0 atom stereocenters. The fourth-order valence-corrected chi connectivity index (χ4v) is 4.42. The molecule has 2 aromatic heterocycles. The van der Waals surface area contributed by atoms with E-state index in [-0.39, 0.29) is 0 Å². The van der Waals surface area contributed by atoms with Gasteiger partial charge < -0.3 is 15.0 Å². The standard InChI is InChI=1S/C27H28N4O.C2H6/c1-31-15-12-20(13-16-31)22-6-10-27(29-18-22)30-25-11-14-28-26-17-21(5-9-24(25)26)19-3-7-23(32-2)8-4-19;1-2/h3-11,14,17-18,20H,12-13,15-16H2,1-2H3,(H,28,29,30);1-2H3. The molecule has 5 nitrogen and oxygen atoms in total. The molecule has 3 heterocycles. The second kappa shape index (κ2) is 11.1. The maximum absolute atomic E-state index is 5.27. The van der Waals surface area contributed by atoms with Crippen molar-refractivity contribution in [2.24, 2.45) is 0 Å². The summed E-state index contributed by atoms with van der Waals surface area (Å²) in [7, 11) is 3.88. The zero-order valence-corrected chi connectivity index (χ0v) is 20.6. The Kier molecular flexibility index (Phi) is 7.76. The minimum Gasteiger partial charge on any atom is -0.497 e. The molecule has 5 rings (SSSR count). The second-order valence-corrected chi connectivity index (χ2v) is 8.50. The van der Waals surface area contributed by atoms with Crippen LogP contribution < -0.4 is 10.1 Å². The molecular weight excluding hydrogens is 420 g/mol. The first-order valence-corrected chi connectivity index (χ1v) is 12.1. The number of fused-ring (bicyclic) bond motifs is 1. The average molecular weight is 455 g/mol. The van der Waals surface area contributed by atoms with Gasteiger partial charge in [0.2, 0.25) is 0 Å². The maximum atomic E-state index is 5.27. The molecule has 5 heteroatoms. The highest BCUT2D eigenvalue weighted by Crippen LogP contribution is 2.31. The fraction of sp³-hybridized carbons (Fsp3) is 0.310. The van der Waals surface area contributed by atoms with Crippen LogP contribution in [0, 0.1) is 0 Å². The maximum Gasteiger partial charge on any atom is 0.130 e. The van der Waals surface area contributed by atoms with Crippen molar-refractivity contribution in [2.75, 3.05) is 32.6 Å². The van der Waals surface area contributed by atoms with Crippen LogP contribution in [-0.2, 0) is 0 Å². The van der Waals surface area contributed by atoms with E-state index in [1.54, 1.807) is 7.11 Å². The van der Waals surface area contributed by atoms with E-state index in [0.717, 1.165) is 52.4 Å². The SMILES string of the molecule is CC.COc1ccc(-c2ccc3c(Nc4ccc(C5CCN(C)CC5)cn4)ccnc3c2)cc1. The molecule has 34 heavy (non-hydrogen) atoms. The Bertz CT molecular complexity index is 1200. The lowest BCUT2D eigenvalue weighted by atomic mass is 9.91. The molecule has 1 N–H and O–H groups in total. The molecule has 4 aromatic rings. The number of nitrogens with one attached hydrogen (secondary N) is 1. The van der Waals surface area contributed by atoms with Crippen LogP contribution in [0.4, 0.5) is 11.5 Å². The monoisotopic (exact) mass is 454 g/mol. The summed E-state index contributed by atoms with van der Waals surface area (Å²) < 4.78 is 5.27. The van der Waals surface area contributed by atoms with Gasteiger partial charge in [-0.3, -0.25) is 4.98 Å². The largest absolute Gasteiger partial charge is 0.497 e. The summed E-state index contributed by atoms with van der Waals surface area (Å²) in [5.74, 6) is 2.33. The van der Waals surface area contributed by atoms with Crippen LogP contribution in [0.2, 0.25) is 0 Å². The first kappa shape index (κ1) is 23.7. The van der Waals surface area contributed by atoms with Gasteiger partial charge in [-0.25, -0.2) is 4.98 Å². The van der Waals surface area contributed by atoms with Gasteiger partial charge in [-0.05, 0) is 85.9 Å². The minimum absolute atomic E-state index is 0.617. The predicted molar refractivity (Wildman–Crippen MR) is 142 cm³/mol. The normalized spacial score (nSPS) is 14.4. The first-order chi connectivity index (χ1) is 16.7. The lowest BCUT2D eigenvalue weighted by Crippen LogP contribution is -2.29.